The molecule has 2 aromatic rings. The number of aromatic amines is 1. The zero-order chi connectivity index (χ0) is 19.7. The quantitative estimate of drug-likeness (QED) is 0.605. The first kappa shape index (κ1) is 17.0. The summed E-state index contributed by atoms with van der Waals surface area (Å²) in [6, 6.07) is 8.05. The van der Waals surface area contributed by atoms with Crippen molar-refractivity contribution in [1.29, 1.82) is 0 Å². The van der Waals surface area contributed by atoms with Crippen LogP contribution >= 0.6 is 0 Å². The van der Waals surface area contributed by atoms with Crippen LogP contribution in [0.3, 0.4) is 0 Å². The molecule has 1 saturated heterocycles. The van der Waals surface area contributed by atoms with Crippen molar-refractivity contribution < 1.29 is 14.4 Å². The number of allylic oxidation sites excluding steroid dienone is 2. The fourth-order valence-corrected chi connectivity index (χ4v) is 6.05. The molecule has 2 N–H and O–H groups in total. The monoisotopic (exact) mass is 389 g/mol. The lowest BCUT2D eigenvalue weighted by Gasteiger charge is -2.37. The molecule has 6 nitrogen and oxygen atoms in total. The normalized spacial score (nSPS) is 33.9. The second kappa shape index (κ2) is 6.05. The second-order valence-corrected chi connectivity index (χ2v) is 8.88. The van der Waals surface area contributed by atoms with E-state index >= 15 is 0 Å². The van der Waals surface area contributed by atoms with E-state index < -0.39 is 0 Å². The predicted octanol–water partition coefficient (Wildman–Crippen LogP) is 1.88. The van der Waals surface area contributed by atoms with Crippen molar-refractivity contribution in [1.82, 2.24) is 15.2 Å². The Bertz CT molecular complexity index is 1030. The maximum Gasteiger partial charge on any atom is 0.240 e. The fraction of sp³-hybridized carbons (Fsp3) is 0.435. The molecule has 1 aromatic carbocycles. The minimum Gasteiger partial charge on any atom is -0.361 e. The second-order valence-electron chi connectivity index (χ2n) is 8.88. The van der Waals surface area contributed by atoms with Crippen molar-refractivity contribution >= 4 is 28.6 Å². The van der Waals surface area contributed by atoms with Gasteiger partial charge in [0.1, 0.15) is 6.54 Å². The number of amides is 3. The number of carbonyl (C=O) groups is 3. The van der Waals surface area contributed by atoms with Gasteiger partial charge >= 0.3 is 0 Å². The van der Waals surface area contributed by atoms with Gasteiger partial charge in [0.05, 0.1) is 11.8 Å². The molecule has 6 atom stereocenters. The van der Waals surface area contributed by atoms with E-state index in [9.17, 15) is 14.4 Å². The third-order valence-corrected chi connectivity index (χ3v) is 7.45. The summed E-state index contributed by atoms with van der Waals surface area (Å²) in [5.74, 6) is 0.521. The van der Waals surface area contributed by atoms with E-state index in [0.29, 0.717) is 24.8 Å². The minimum atomic E-state index is -0.268. The Morgan fingerprint density at radius 1 is 1.07 bits per heavy atom. The molecule has 3 fully saturated rings. The van der Waals surface area contributed by atoms with Crippen molar-refractivity contribution in [2.45, 2.75) is 12.8 Å². The lowest BCUT2D eigenvalue weighted by Crippen LogP contribution is -2.41. The highest BCUT2D eigenvalue weighted by molar-refractivity contribution is 6.08. The molecule has 7 rings (SSSR count). The number of hydrogen-bond donors (Lipinski definition) is 2. The van der Waals surface area contributed by atoms with E-state index in [2.05, 4.69) is 28.5 Å². The number of rotatable bonds is 5. The number of H-pyrrole nitrogens is 1. The molecule has 4 aliphatic carbocycles. The van der Waals surface area contributed by atoms with Crippen LogP contribution in [-0.4, -0.2) is 40.7 Å². The van der Waals surface area contributed by atoms with Crippen LogP contribution in [0.1, 0.15) is 12.0 Å². The highest BCUT2D eigenvalue weighted by Crippen LogP contribution is 2.65. The topological polar surface area (TPSA) is 82.3 Å². The molecule has 1 aliphatic heterocycles. The number of imide groups is 1. The van der Waals surface area contributed by atoms with E-state index in [4.69, 9.17) is 0 Å². The third kappa shape index (κ3) is 2.44. The third-order valence-electron chi connectivity index (χ3n) is 7.45. The number of para-hydroxylation sites is 1. The number of nitrogens with zero attached hydrogens (tertiary/aromatic N) is 1. The molecule has 2 saturated carbocycles. The smallest absolute Gasteiger partial charge is 0.240 e. The Kier molecular flexibility index (Phi) is 3.55. The average molecular weight is 389 g/mol. The van der Waals surface area contributed by atoms with Crippen LogP contribution in [0.5, 0.6) is 0 Å². The Balaban J connectivity index is 1.09. The summed E-state index contributed by atoms with van der Waals surface area (Å²) in [5.41, 5.74) is 2.22. The largest absolute Gasteiger partial charge is 0.361 e. The Morgan fingerprint density at radius 3 is 2.48 bits per heavy atom. The van der Waals surface area contributed by atoms with Crippen molar-refractivity contribution in [2.75, 3.05) is 13.1 Å². The van der Waals surface area contributed by atoms with Gasteiger partial charge < -0.3 is 10.3 Å². The molecular weight excluding hydrogens is 366 g/mol. The molecule has 3 amide bonds. The SMILES string of the molecule is O=C(CN1C(=O)[C@@H]2[C@H]3C=C[C@@H]([C@@H]4C[C@@H]34)[C@@H]2C1=O)NCCc1c[nH]c2ccccc12. The Morgan fingerprint density at radius 2 is 1.76 bits per heavy atom. The first-order valence-corrected chi connectivity index (χ1v) is 10.5. The number of aromatic nitrogens is 1. The van der Waals surface area contributed by atoms with Crippen LogP contribution in [0.4, 0.5) is 0 Å². The molecule has 29 heavy (non-hydrogen) atoms. The molecule has 2 bridgehead atoms. The summed E-state index contributed by atoms with van der Waals surface area (Å²) in [4.78, 5) is 42.8. The van der Waals surface area contributed by atoms with Gasteiger partial charge in [-0.05, 0) is 48.1 Å². The van der Waals surface area contributed by atoms with Crippen LogP contribution < -0.4 is 5.32 Å². The van der Waals surface area contributed by atoms with Gasteiger partial charge in [-0.3, -0.25) is 19.3 Å². The highest BCUT2D eigenvalue weighted by atomic mass is 16.2. The summed E-state index contributed by atoms with van der Waals surface area (Å²) < 4.78 is 0. The van der Waals surface area contributed by atoms with E-state index in [1.54, 1.807) is 0 Å². The summed E-state index contributed by atoms with van der Waals surface area (Å²) >= 11 is 0. The standard InChI is InChI=1S/C23H23N3O3/c27-19(24-8-7-12-10-25-18-4-2-1-3-13(12)18)11-26-22(28)20-14-5-6-15(17-9-16(14)17)21(20)23(26)29/h1-6,10,14-17,20-21,25H,7-9,11H2,(H,24,27)/t14-,15-,16-,17-,20-,21+/m0/s1. The van der Waals surface area contributed by atoms with Crippen molar-refractivity contribution in [2.24, 2.45) is 35.5 Å². The van der Waals surface area contributed by atoms with E-state index in [1.807, 2.05) is 24.4 Å². The van der Waals surface area contributed by atoms with E-state index in [-0.39, 0.29) is 47.9 Å². The van der Waals surface area contributed by atoms with Crippen molar-refractivity contribution in [3.8, 4) is 0 Å². The predicted molar refractivity (Wildman–Crippen MR) is 106 cm³/mol. The van der Waals surface area contributed by atoms with Gasteiger partial charge in [-0.15, -0.1) is 0 Å². The number of benzene rings is 1. The number of fused-ring (bicyclic) bond motifs is 1. The minimum absolute atomic E-state index is 0.142. The van der Waals surface area contributed by atoms with Crippen LogP contribution in [0, 0.1) is 35.5 Å². The first-order valence-electron chi connectivity index (χ1n) is 10.5. The van der Waals surface area contributed by atoms with Crippen LogP contribution in [0.15, 0.2) is 42.6 Å². The van der Waals surface area contributed by atoms with Gasteiger partial charge in [0, 0.05) is 23.6 Å². The number of hydrogen-bond acceptors (Lipinski definition) is 3. The Labute approximate surface area is 168 Å². The summed E-state index contributed by atoms with van der Waals surface area (Å²) in [7, 11) is 0. The fourth-order valence-electron chi connectivity index (χ4n) is 6.05. The highest BCUT2D eigenvalue weighted by Gasteiger charge is 2.67. The molecule has 2 heterocycles. The number of likely N-dealkylation sites (tertiary alicyclic amines) is 1. The maximum atomic E-state index is 12.9. The number of carbonyl (C=O) groups excluding carboxylic acids is 3. The van der Waals surface area contributed by atoms with E-state index in [1.165, 1.54) is 4.90 Å². The van der Waals surface area contributed by atoms with Gasteiger partial charge in [-0.25, -0.2) is 0 Å². The molecule has 1 aromatic heterocycles. The van der Waals surface area contributed by atoms with E-state index in [0.717, 1.165) is 22.9 Å². The first-order chi connectivity index (χ1) is 14.1. The lowest BCUT2D eigenvalue weighted by molar-refractivity contribution is -0.143. The molecular formula is C23H23N3O3. The molecule has 0 radical (unpaired) electrons. The van der Waals surface area contributed by atoms with Gasteiger partial charge in [0.2, 0.25) is 17.7 Å². The Hall–Kier alpha value is -2.89. The van der Waals surface area contributed by atoms with Crippen molar-refractivity contribution in [3.05, 3.63) is 48.2 Å². The molecule has 0 spiro atoms. The van der Waals surface area contributed by atoms with Crippen LogP contribution in [0.2, 0.25) is 0 Å². The van der Waals surface area contributed by atoms with Gasteiger partial charge in [-0.2, -0.15) is 0 Å². The molecule has 6 heteroatoms. The lowest BCUT2D eigenvalue weighted by atomic mass is 9.63. The van der Waals surface area contributed by atoms with Crippen LogP contribution in [0.25, 0.3) is 10.9 Å². The molecule has 148 valence electrons. The van der Waals surface area contributed by atoms with Gasteiger partial charge in [-0.1, -0.05) is 30.4 Å². The summed E-state index contributed by atoms with van der Waals surface area (Å²) in [5, 5.41) is 4.03. The molecule has 5 aliphatic rings. The van der Waals surface area contributed by atoms with Crippen molar-refractivity contribution in [3.63, 3.8) is 0 Å². The number of nitrogens with one attached hydrogen (secondary N) is 2. The molecule has 0 unspecified atom stereocenters. The summed E-state index contributed by atoms with van der Waals surface area (Å²) in [6.45, 7) is 0.314. The zero-order valence-corrected chi connectivity index (χ0v) is 16.0. The van der Waals surface area contributed by atoms with Gasteiger partial charge in [0.25, 0.3) is 0 Å². The average Bonchev–Trinajstić information content (AvgIpc) is 3.42. The van der Waals surface area contributed by atoms with Gasteiger partial charge in [0.15, 0.2) is 0 Å². The maximum absolute atomic E-state index is 12.9. The zero-order valence-electron chi connectivity index (χ0n) is 16.0. The van der Waals surface area contributed by atoms with Crippen LogP contribution in [-0.2, 0) is 20.8 Å². The summed E-state index contributed by atoms with van der Waals surface area (Å²) in [6.07, 6.45) is 8.10.